The van der Waals surface area contributed by atoms with Crippen molar-refractivity contribution in [2.24, 2.45) is 0 Å². The van der Waals surface area contributed by atoms with Crippen LogP contribution in [0.3, 0.4) is 0 Å². The van der Waals surface area contributed by atoms with E-state index in [9.17, 15) is 14.4 Å². The SMILES string of the molecule is O=C(CCCN1C(=O)c2ccccc2C1=O)N1CC(Oc2ccc(Cl)cn2)C1. The fraction of sp³-hybridized carbons (Fsp3) is 0.300. The molecule has 7 nitrogen and oxygen atoms in total. The van der Waals surface area contributed by atoms with Gasteiger partial charge >= 0.3 is 0 Å². The summed E-state index contributed by atoms with van der Waals surface area (Å²) in [5.41, 5.74) is 0.856. The van der Waals surface area contributed by atoms with Crippen LogP contribution in [0.25, 0.3) is 0 Å². The minimum Gasteiger partial charge on any atom is -0.471 e. The number of rotatable bonds is 6. The van der Waals surface area contributed by atoms with Gasteiger partial charge in [-0.25, -0.2) is 4.98 Å². The number of halogens is 1. The number of carbonyl (C=O) groups is 3. The van der Waals surface area contributed by atoms with Crippen molar-refractivity contribution in [3.63, 3.8) is 0 Å². The molecule has 1 aromatic heterocycles. The summed E-state index contributed by atoms with van der Waals surface area (Å²) in [7, 11) is 0. The third kappa shape index (κ3) is 3.57. The Balaban J connectivity index is 1.21. The number of nitrogens with zero attached hydrogens (tertiary/aromatic N) is 3. The number of hydrogen-bond donors (Lipinski definition) is 0. The van der Waals surface area contributed by atoms with Crippen LogP contribution >= 0.6 is 11.6 Å². The molecule has 28 heavy (non-hydrogen) atoms. The van der Waals surface area contributed by atoms with Gasteiger partial charge in [0.15, 0.2) is 0 Å². The summed E-state index contributed by atoms with van der Waals surface area (Å²) in [6.07, 6.45) is 2.14. The summed E-state index contributed by atoms with van der Waals surface area (Å²) in [6.45, 7) is 1.23. The normalized spacial score (nSPS) is 16.2. The Morgan fingerprint density at radius 3 is 2.39 bits per heavy atom. The Hall–Kier alpha value is -2.93. The van der Waals surface area contributed by atoms with Gasteiger partial charge in [-0.3, -0.25) is 19.3 Å². The molecular formula is C20H18ClN3O4. The molecule has 0 spiro atoms. The van der Waals surface area contributed by atoms with E-state index in [1.165, 1.54) is 11.1 Å². The second-order valence-electron chi connectivity index (χ2n) is 6.76. The van der Waals surface area contributed by atoms with Crippen LogP contribution in [0.5, 0.6) is 5.88 Å². The van der Waals surface area contributed by atoms with Crippen molar-refractivity contribution in [1.29, 1.82) is 0 Å². The van der Waals surface area contributed by atoms with Crippen LogP contribution in [-0.4, -0.2) is 58.2 Å². The van der Waals surface area contributed by atoms with Crippen LogP contribution in [0, 0.1) is 0 Å². The number of amides is 3. The molecule has 1 fully saturated rings. The van der Waals surface area contributed by atoms with E-state index in [0.717, 1.165) is 0 Å². The smallest absolute Gasteiger partial charge is 0.261 e. The number of imide groups is 1. The van der Waals surface area contributed by atoms with Crippen LogP contribution in [0.2, 0.25) is 5.02 Å². The molecule has 2 aromatic rings. The minimum atomic E-state index is -0.291. The van der Waals surface area contributed by atoms with Crippen molar-refractivity contribution in [1.82, 2.24) is 14.8 Å². The largest absolute Gasteiger partial charge is 0.471 e. The lowest BCUT2D eigenvalue weighted by molar-refractivity contribution is -0.140. The number of carbonyl (C=O) groups excluding carboxylic acids is 3. The molecule has 0 unspecified atom stereocenters. The van der Waals surface area contributed by atoms with Crippen molar-refractivity contribution >= 4 is 29.3 Å². The highest BCUT2D eigenvalue weighted by atomic mass is 35.5. The molecule has 0 atom stereocenters. The topological polar surface area (TPSA) is 79.8 Å². The Labute approximate surface area is 166 Å². The van der Waals surface area contributed by atoms with Gasteiger partial charge in [0, 0.05) is 25.2 Å². The highest BCUT2D eigenvalue weighted by Crippen LogP contribution is 2.23. The van der Waals surface area contributed by atoms with Crippen molar-refractivity contribution in [2.75, 3.05) is 19.6 Å². The Bertz CT molecular complexity index is 890. The first-order valence-corrected chi connectivity index (χ1v) is 9.42. The Morgan fingerprint density at radius 2 is 1.79 bits per heavy atom. The fourth-order valence-corrected chi connectivity index (χ4v) is 3.42. The van der Waals surface area contributed by atoms with E-state index in [1.807, 2.05) is 0 Å². The molecular weight excluding hydrogens is 382 g/mol. The molecule has 2 aliphatic heterocycles. The first-order chi connectivity index (χ1) is 13.5. The van der Waals surface area contributed by atoms with Gasteiger partial charge < -0.3 is 9.64 Å². The van der Waals surface area contributed by atoms with Crippen molar-refractivity contribution < 1.29 is 19.1 Å². The standard InChI is InChI=1S/C20H18ClN3O4/c21-13-7-8-17(22-10-13)28-14-11-23(12-14)18(25)6-3-9-24-19(26)15-4-1-2-5-16(15)20(24)27/h1-2,4-5,7-8,10,14H,3,6,9,11-12H2. The lowest BCUT2D eigenvalue weighted by Crippen LogP contribution is -2.56. The summed E-state index contributed by atoms with van der Waals surface area (Å²) in [5, 5.41) is 0.538. The van der Waals surface area contributed by atoms with Crippen LogP contribution in [0.1, 0.15) is 33.6 Å². The van der Waals surface area contributed by atoms with Gasteiger partial charge in [-0.1, -0.05) is 23.7 Å². The number of aromatic nitrogens is 1. The van der Waals surface area contributed by atoms with Gasteiger partial charge in [0.05, 0.1) is 29.2 Å². The molecule has 1 aromatic carbocycles. The van der Waals surface area contributed by atoms with Gasteiger partial charge in [-0.15, -0.1) is 0 Å². The van der Waals surface area contributed by atoms with E-state index >= 15 is 0 Å². The Morgan fingerprint density at radius 1 is 1.11 bits per heavy atom. The van der Waals surface area contributed by atoms with E-state index in [0.29, 0.717) is 41.5 Å². The summed E-state index contributed by atoms with van der Waals surface area (Å²) in [5.74, 6) is -0.116. The molecule has 4 rings (SSSR count). The predicted molar refractivity (Wildman–Crippen MR) is 101 cm³/mol. The van der Waals surface area contributed by atoms with Gasteiger partial charge in [-0.05, 0) is 24.6 Å². The van der Waals surface area contributed by atoms with Gasteiger partial charge in [-0.2, -0.15) is 0 Å². The maximum absolute atomic E-state index is 12.3. The lowest BCUT2D eigenvalue weighted by Gasteiger charge is -2.38. The first kappa shape index (κ1) is 18.4. The van der Waals surface area contributed by atoms with Crippen LogP contribution in [0.4, 0.5) is 0 Å². The molecule has 3 heterocycles. The van der Waals surface area contributed by atoms with E-state index in [-0.39, 0.29) is 36.8 Å². The van der Waals surface area contributed by atoms with Crippen molar-refractivity contribution in [3.05, 3.63) is 58.7 Å². The van der Waals surface area contributed by atoms with Crippen molar-refractivity contribution in [2.45, 2.75) is 18.9 Å². The zero-order valence-electron chi connectivity index (χ0n) is 15.0. The predicted octanol–water partition coefficient (Wildman–Crippen LogP) is 2.40. The average molecular weight is 400 g/mol. The number of ether oxygens (including phenoxy) is 1. The highest BCUT2D eigenvalue weighted by molar-refractivity contribution is 6.30. The lowest BCUT2D eigenvalue weighted by atomic mass is 10.1. The maximum Gasteiger partial charge on any atom is 0.261 e. The maximum atomic E-state index is 12.3. The zero-order valence-corrected chi connectivity index (χ0v) is 15.8. The molecule has 144 valence electrons. The van der Waals surface area contributed by atoms with Gasteiger partial charge in [0.25, 0.3) is 11.8 Å². The molecule has 1 saturated heterocycles. The second kappa shape index (κ2) is 7.59. The third-order valence-corrected chi connectivity index (χ3v) is 5.06. The highest BCUT2D eigenvalue weighted by Gasteiger charge is 2.35. The van der Waals surface area contributed by atoms with E-state index in [2.05, 4.69) is 4.98 Å². The molecule has 0 N–H and O–H groups in total. The molecule has 2 aliphatic rings. The molecule has 8 heteroatoms. The molecule has 0 bridgehead atoms. The number of likely N-dealkylation sites (tertiary alicyclic amines) is 1. The van der Waals surface area contributed by atoms with E-state index in [4.69, 9.17) is 16.3 Å². The molecule has 0 aliphatic carbocycles. The second-order valence-corrected chi connectivity index (χ2v) is 7.20. The summed E-state index contributed by atoms with van der Waals surface area (Å²) < 4.78 is 5.67. The van der Waals surface area contributed by atoms with Crippen LogP contribution < -0.4 is 4.74 Å². The van der Waals surface area contributed by atoms with Gasteiger partial charge in [0.2, 0.25) is 11.8 Å². The number of hydrogen-bond acceptors (Lipinski definition) is 5. The van der Waals surface area contributed by atoms with E-state index in [1.54, 1.807) is 41.3 Å². The average Bonchev–Trinajstić information content (AvgIpc) is 2.91. The number of benzene rings is 1. The van der Waals surface area contributed by atoms with Gasteiger partial charge in [0.1, 0.15) is 6.10 Å². The quantitative estimate of drug-likeness (QED) is 0.697. The zero-order chi connectivity index (χ0) is 19.7. The summed E-state index contributed by atoms with van der Waals surface area (Å²) in [6, 6.07) is 10.2. The van der Waals surface area contributed by atoms with Crippen molar-refractivity contribution in [3.8, 4) is 5.88 Å². The molecule has 3 amide bonds. The van der Waals surface area contributed by atoms with Crippen LogP contribution in [0.15, 0.2) is 42.6 Å². The minimum absolute atomic E-state index is 0.0134. The Kier molecular flexibility index (Phi) is 5.00. The third-order valence-electron chi connectivity index (χ3n) is 4.84. The summed E-state index contributed by atoms with van der Waals surface area (Å²) in [4.78, 5) is 43.9. The number of fused-ring (bicyclic) bond motifs is 1. The molecule has 0 radical (unpaired) electrons. The van der Waals surface area contributed by atoms with Crippen LogP contribution in [-0.2, 0) is 4.79 Å². The fourth-order valence-electron chi connectivity index (χ4n) is 3.31. The first-order valence-electron chi connectivity index (χ1n) is 9.04. The monoisotopic (exact) mass is 399 g/mol. The van der Waals surface area contributed by atoms with E-state index < -0.39 is 0 Å². The summed E-state index contributed by atoms with van der Waals surface area (Å²) >= 11 is 5.78. The number of pyridine rings is 1. The molecule has 0 saturated carbocycles.